The summed E-state index contributed by atoms with van der Waals surface area (Å²) in [4.78, 5) is 12.6. The number of methoxy groups -OCH3 is 1. The summed E-state index contributed by atoms with van der Waals surface area (Å²) in [5.41, 5.74) is 3.95. The average Bonchev–Trinajstić information content (AvgIpc) is 2.62. The van der Waals surface area contributed by atoms with Gasteiger partial charge in [0.05, 0.1) is 0 Å². The molecule has 0 spiro atoms. The minimum atomic E-state index is -2.56. The zero-order valence-corrected chi connectivity index (χ0v) is 20.4. The number of carbonyl (C=O) groups excluding carboxylic acids is 1. The van der Waals surface area contributed by atoms with Gasteiger partial charge in [0.15, 0.2) is 0 Å². The van der Waals surface area contributed by atoms with E-state index in [4.69, 9.17) is 4.74 Å². The first-order chi connectivity index (χ1) is 12.0. The predicted octanol–water partition coefficient (Wildman–Crippen LogP) is 6.97. The molecule has 0 saturated heterocycles. The molecule has 0 aromatic heterocycles. The molecule has 0 aliphatic heterocycles. The van der Waals surface area contributed by atoms with Gasteiger partial charge in [-0.1, -0.05) is 0 Å². The van der Waals surface area contributed by atoms with E-state index in [0.717, 1.165) is 18.4 Å². The second kappa shape index (κ2) is 11.5. The zero-order valence-electron chi connectivity index (χ0n) is 17.6. The molecular formula is C22H40O2Sn. The third kappa shape index (κ3) is 6.15. The molecule has 0 atom stereocenters. The van der Waals surface area contributed by atoms with Crippen LogP contribution in [0.25, 0.3) is 0 Å². The van der Waals surface area contributed by atoms with Gasteiger partial charge in [-0.25, -0.2) is 0 Å². The number of unbranched alkanes of at least 4 members (excludes halogenated alkanes) is 3. The monoisotopic (exact) mass is 456 g/mol. The van der Waals surface area contributed by atoms with E-state index < -0.39 is 18.4 Å². The van der Waals surface area contributed by atoms with Crippen LogP contribution in [0.15, 0.2) is 20.3 Å². The first-order valence-corrected chi connectivity index (χ1v) is 17.9. The number of ether oxygens (including phenoxy) is 1. The third-order valence-electron chi connectivity index (χ3n) is 6.08. The van der Waals surface area contributed by atoms with E-state index in [2.05, 4.69) is 34.6 Å². The van der Waals surface area contributed by atoms with Gasteiger partial charge in [0, 0.05) is 0 Å². The second-order valence-electron chi connectivity index (χ2n) is 7.95. The van der Waals surface area contributed by atoms with Crippen molar-refractivity contribution in [1.82, 2.24) is 0 Å². The molecule has 1 aliphatic carbocycles. The molecular weight excluding hydrogens is 415 g/mol. The van der Waals surface area contributed by atoms with Crippen molar-refractivity contribution in [1.29, 1.82) is 0 Å². The predicted molar refractivity (Wildman–Crippen MR) is 112 cm³/mol. The van der Waals surface area contributed by atoms with Crippen LogP contribution in [0.4, 0.5) is 0 Å². The number of hydrogen-bond donors (Lipinski definition) is 0. The Morgan fingerprint density at radius 2 is 1.32 bits per heavy atom. The van der Waals surface area contributed by atoms with Crippen molar-refractivity contribution in [3.05, 3.63) is 20.3 Å². The quantitative estimate of drug-likeness (QED) is 0.191. The Morgan fingerprint density at radius 1 is 0.880 bits per heavy atom. The summed E-state index contributed by atoms with van der Waals surface area (Å²) in [6.07, 6.45) is 9.71. The van der Waals surface area contributed by atoms with Gasteiger partial charge in [-0.3, -0.25) is 0 Å². The Hall–Kier alpha value is -0.251. The van der Waals surface area contributed by atoms with E-state index in [1.165, 1.54) is 63.0 Å². The van der Waals surface area contributed by atoms with Crippen LogP contribution in [-0.2, 0) is 9.53 Å². The maximum absolute atomic E-state index is 12.6. The van der Waals surface area contributed by atoms with Crippen LogP contribution in [0.2, 0.25) is 13.3 Å². The van der Waals surface area contributed by atoms with Crippen molar-refractivity contribution in [2.75, 3.05) is 7.11 Å². The van der Waals surface area contributed by atoms with Crippen molar-refractivity contribution in [2.45, 2.75) is 99.3 Å². The molecule has 3 heteroatoms. The van der Waals surface area contributed by atoms with Crippen LogP contribution in [0, 0.1) is 0 Å². The van der Waals surface area contributed by atoms with E-state index in [-0.39, 0.29) is 5.97 Å². The van der Waals surface area contributed by atoms with E-state index in [0.29, 0.717) is 0 Å². The van der Waals surface area contributed by atoms with Gasteiger partial charge in [0.25, 0.3) is 0 Å². The first kappa shape index (κ1) is 22.8. The Labute approximate surface area is 160 Å². The van der Waals surface area contributed by atoms with Crippen LogP contribution >= 0.6 is 0 Å². The fourth-order valence-corrected chi connectivity index (χ4v) is 22.0. The Kier molecular flexibility index (Phi) is 10.4. The van der Waals surface area contributed by atoms with Crippen LogP contribution in [0.3, 0.4) is 0 Å². The Balaban J connectivity index is 3.39. The second-order valence-corrected chi connectivity index (χ2v) is 21.3. The van der Waals surface area contributed by atoms with Crippen LogP contribution in [0.1, 0.15) is 86.0 Å². The number of esters is 1. The summed E-state index contributed by atoms with van der Waals surface area (Å²) in [6, 6.07) is 0. The van der Waals surface area contributed by atoms with E-state index in [1.807, 2.05) is 0 Å². The molecule has 1 rings (SSSR count). The molecule has 0 unspecified atom stereocenters. The fraction of sp³-hybridized carbons (Fsp3) is 0.773. The van der Waals surface area contributed by atoms with Crippen LogP contribution < -0.4 is 0 Å². The minimum absolute atomic E-state index is 0.0487. The molecule has 1 aliphatic rings. The Morgan fingerprint density at radius 3 is 1.72 bits per heavy atom. The number of rotatable bonds is 11. The molecule has 0 saturated carbocycles. The molecule has 2 nitrogen and oxygen atoms in total. The van der Waals surface area contributed by atoms with E-state index in [9.17, 15) is 4.79 Å². The van der Waals surface area contributed by atoms with Crippen LogP contribution in [-0.4, -0.2) is 31.5 Å². The summed E-state index contributed by atoms with van der Waals surface area (Å²) >= 11 is -2.56. The summed E-state index contributed by atoms with van der Waals surface area (Å²) in [6.45, 7) is 11.4. The number of carbonyl (C=O) groups is 1. The molecule has 25 heavy (non-hydrogen) atoms. The molecule has 0 heterocycles. The average molecular weight is 455 g/mol. The van der Waals surface area contributed by atoms with Crippen molar-refractivity contribution < 1.29 is 9.53 Å². The third-order valence-corrected chi connectivity index (χ3v) is 22.3. The zero-order chi connectivity index (χ0) is 18.9. The van der Waals surface area contributed by atoms with Crippen LogP contribution in [0.5, 0.6) is 0 Å². The fourth-order valence-electron chi connectivity index (χ4n) is 4.24. The normalized spacial score (nSPS) is 15.8. The molecule has 0 amide bonds. The standard InChI is InChI=1S/C10H13O2.3C4H9.Sn/c1-7-4-5-9(6-8(7)2)10(11)12-3;3*1-3-4-2;/h4,6H2,1-3H3;3*1,3-4H2,2H3;. The van der Waals surface area contributed by atoms with Crippen molar-refractivity contribution >= 4 is 24.3 Å². The summed E-state index contributed by atoms with van der Waals surface area (Å²) < 4.78 is 11.1. The molecule has 0 fully saturated rings. The van der Waals surface area contributed by atoms with Crippen molar-refractivity contribution in [2.24, 2.45) is 0 Å². The van der Waals surface area contributed by atoms with E-state index >= 15 is 0 Å². The van der Waals surface area contributed by atoms with Gasteiger partial charge < -0.3 is 0 Å². The van der Waals surface area contributed by atoms with Gasteiger partial charge in [-0.2, -0.15) is 0 Å². The van der Waals surface area contributed by atoms with Gasteiger partial charge in [-0.15, -0.1) is 0 Å². The topological polar surface area (TPSA) is 26.3 Å². The molecule has 0 radical (unpaired) electrons. The molecule has 0 aromatic carbocycles. The maximum atomic E-state index is 12.6. The molecule has 0 aromatic rings. The van der Waals surface area contributed by atoms with Gasteiger partial charge >= 0.3 is 161 Å². The molecule has 0 bridgehead atoms. The SMILES string of the molecule is CCC[CH2][Sn]([CH2]CCC)([CH2]CCC)[C]1=C(C(=O)OC)CC(C)=C(C)C1. The number of hydrogen-bond acceptors (Lipinski definition) is 2. The summed E-state index contributed by atoms with van der Waals surface area (Å²) in [5, 5.41) is 0. The van der Waals surface area contributed by atoms with Gasteiger partial charge in [0.2, 0.25) is 0 Å². The Bertz CT molecular complexity index is 480. The summed E-state index contributed by atoms with van der Waals surface area (Å²) in [5.74, 6) is -0.0487. The van der Waals surface area contributed by atoms with Gasteiger partial charge in [-0.05, 0) is 0 Å². The molecule has 0 N–H and O–H groups in total. The van der Waals surface area contributed by atoms with Crippen molar-refractivity contribution in [3.63, 3.8) is 0 Å². The van der Waals surface area contributed by atoms with Crippen molar-refractivity contribution in [3.8, 4) is 0 Å². The van der Waals surface area contributed by atoms with E-state index in [1.54, 1.807) is 10.7 Å². The number of allylic oxidation sites excluding steroid dienone is 3. The first-order valence-electron chi connectivity index (χ1n) is 10.4. The molecule has 144 valence electrons. The summed E-state index contributed by atoms with van der Waals surface area (Å²) in [7, 11) is 1.55. The van der Waals surface area contributed by atoms with Gasteiger partial charge in [0.1, 0.15) is 0 Å².